The monoisotopic (exact) mass is 175 g/mol. The zero-order valence-electron chi connectivity index (χ0n) is 7.05. The minimum Gasteiger partial charge on any atom is -0.327 e. The quantitative estimate of drug-likeness (QED) is 0.648. The van der Waals surface area contributed by atoms with Gasteiger partial charge in [-0.25, -0.2) is 8.78 Å². The van der Waals surface area contributed by atoms with Crippen LogP contribution in [0.15, 0.2) is 0 Å². The van der Waals surface area contributed by atoms with Crippen molar-refractivity contribution in [1.82, 2.24) is 0 Å². The Hall–Kier alpha value is -0.180. The van der Waals surface area contributed by atoms with Gasteiger partial charge in [0.2, 0.25) is 6.43 Å². The molecular formula is C9H15F2N. The van der Waals surface area contributed by atoms with Gasteiger partial charge in [0.1, 0.15) is 0 Å². The molecular weight excluding hydrogens is 160 g/mol. The Morgan fingerprint density at radius 2 is 1.50 bits per heavy atom. The van der Waals surface area contributed by atoms with Gasteiger partial charge in [-0.15, -0.1) is 0 Å². The number of rotatable bonds is 1. The molecule has 0 amide bonds. The van der Waals surface area contributed by atoms with Crippen LogP contribution in [0.3, 0.4) is 0 Å². The maximum absolute atomic E-state index is 12.5. The normalized spacial score (nSPS) is 47.0. The van der Waals surface area contributed by atoms with E-state index in [1.54, 1.807) is 0 Å². The summed E-state index contributed by atoms with van der Waals surface area (Å²) in [6.07, 6.45) is 1.92. The second kappa shape index (κ2) is 2.95. The summed E-state index contributed by atoms with van der Waals surface area (Å²) in [6, 6.07) is -0.225. The van der Waals surface area contributed by atoms with Crippen LogP contribution in [0.2, 0.25) is 0 Å². The zero-order valence-corrected chi connectivity index (χ0v) is 7.05. The van der Waals surface area contributed by atoms with E-state index < -0.39 is 12.3 Å². The van der Waals surface area contributed by atoms with Crippen LogP contribution >= 0.6 is 0 Å². The Bertz CT molecular complexity index is 162. The Kier molecular flexibility index (Phi) is 2.07. The average Bonchev–Trinajstić information content (AvgIpc) is 2.05. The fraction of sp³-hybridized carbons (Fsp3) is 1.00. The largest absolute Gasteiger partial charge is 0.327 e. The van der Waals surface area contributed by atoms with E-state index in [0.717, 1.165) is 25.7 Å². The van der Waals surface area contributed by atoms with Crippen molar-refractivity contribution in [3.63, 3.8) is 0 Å². The Labute approximate surface area is 71.3 Å². The van der Waals surface area contributed by atoms with Gasteiger partial charge in [-0.05, 0) is 37.5 Å². The van der Waals surface area contributed by atoms with Crippen molar-refractivity contribution in [3.05, 3.63) is 0 Å². The fourth-order valence-corrected chi connectivity index (χ4v) is 2.92. The van der Waals surface area contributed by atoms with Gasteiger partial charge in [-0.1, -0.05) is 0 Å². The third-order valence-electron chi connectivity index (χ3n) is 3.64. The molecule has 1 nitrogen and oxygen atoms in total. The van der Waals surface area contributed by atoms with Crippen LogP contribution in [0.5, 0.6) is 0 Å². The Balaban J connectivity index is 2.12. The molecule has 3 aliphatic carbocycles. The van der Waals surface area contributed by atoms with Crippen LogP contribution in [-0.4, -0.2) is 12.5 Å². The molecule has 0 aromatic carbocycles. The maximum Gasteiger partial charge on any atom is 0.243 e. The van der Waals surface area contributed by atoms with Crippen LogP contribution in [0, 0.1) is 17.8 Å². The first kappa shape index (κ1) is 8.42. The van der Waals surface area contributed by atoms with Gasteiger partial charge in [0.05, 0.1) is 0 Å². The molecule has 3 aliphatic rings. The lowest BCUT2D eigenvalue weighted by Gasteiger charge is -2.46. The first-order valence-electron chi connectivity index (χ1n) is 4.74. The maximum atomic E-state index is 12.5. The predicted octanol–water partition coefficient (Wildman–Crippen LogP) is 2.02. The standard InChI is InChI=1S/C9H15F2N/c10-9(11)7-5-1-3-6(4-2-5)8(7)12/h5-9H,1-4,12H2/t5?,6?,7-,8-/m1/s1. The van der Waals surface area contributed by atoms with Gasteiger partial charge in [0, 0.05) is 12.0 Å². The molecule has 3 fully saturated rings. The third kappa shape index (κ3) is 1.15. The first-order valence-corrected chi connectivity index (χ1v) is 4.74. The van der Waals surface area contributed by atoms with Crippen molar-refractivity contribution in [2.75, 3.05) is 0 Å². The molecule has 2 N–H and O–H groups in total. The number of halogens is 2. The topological polar surface area (TPSA) is 26.0 Å². The van der Waals surface area contributed by atoms with E-state index >= 15 is 0 Å². The molecule has 3 saturated carbocycles. The van der Waals surface area contributed by atoms with E-state index in [0.29, 0.717) is 5.92 Å². The minimum absolute atomic E-state index is 0.213. The van der Waals surface area contributed by atoms with Crippen LogP contribution in [0.25, 0.3) is 0 Å². The van der Waals surface area contributed by atoms with Crippen molar-refractivity contribution >= 4 is 0 Å². The highest BCUT2D eigenvalue weighted by Crippen LogP contribution is 2.46. The molecule has 0 spiro atoms. The first-order chi connectivity index (χ1) is 5.70. The zero-order chi connectivity index (χ0) is 8.72. The van der Waals surface area contributed by atoms with Gasteiger partial charge in [0.15, 0.2) is 0 Å². The van der Waals surface area contributed by atoms with Crippen LogP contribution in [-0.2, 0) is 0 Å². The van der Waals surface area contributed by atoms with Crippen molar-refractivity contribution < 1.29 is 8.78 Å². The van der Waals surface area contributed by atoms with Crippen molar-refractivity contribution in [1.29, 1.82) is 0 Å². The highest BCUT2D eigenvalue weighted by atomic mass is 19.3. The van der Waals surface area contributed by atoms with Gasteiger partial charge >= 0.3 is 0 Å². The molecule has 2 bridgehead atoms. The summed E-state index contributed by atoms with van der Waals surface area (Å²) in [5, 5.41) is 0. The summed E-state index contributed by atoms with van der Waals surface area (Å²) in [5.74, 6) is 0.0940. The second-order valence-corrected chi connectivity index (χ2v) is 4.16. The summed E-state index contributed by atoms with van der Waals surface area (Å²) < 4.78 is 25.1. The van der Waals surface area contributed by atoms with E-state index in [2.05, 4.69) is 0 Å². The summed E-state index contributed by atoms with van der Waals surface area (Å²) >= 11 is 0. The SMILES string of the molecule is N[C@@H]1C2CCC(CC2)[C@H]1C(F)F. The molecule has 0 radical (unpaired) electrons. The van der Waals surface area contributed by atoms with E-state index in [4.69, 9.17) is 5.73 Å². The van der Waals surface area contributed by atoms with Gasteiger partial charge < -0.3 is 5.73 Å². The summed E-state index contributed by atoms with van der Waals surface area (Å²) in [6.45, 7) is 0. The van der Waals surface area contributed by atoms with Crippen molar-refractivity contribution in [2.24, 2.45) is 23.5 Å². The number of fused-ring (bicyclic) bond motifs is 3. The highest BCUT2D eigenvalue weighted by molar-refractivity contribution is 4.95. The molecule has 0 aromatic rings. The molecule has 0 aromatic heterocycles. The van der Waals surface area contributed by atoms with Crippen LogP contribution < -0.4 is 5.73 Å². The van der Waals surface area contributed by atoms with E-state index in [1.807, 2.05) is 0 Å². The van der Waals surface area contributed by atoms with Gasteiger partial charge in [0.25, 0.3) is 0 Å². The third-order valence-corrected chi connectivity index (χ3v) is 3.64. The molecule has 0 aliphatic heterocycles. The van der Waals surface area contributed by atoms with Gasteiger partial charge in [-0.2, -0.15) is 0 Å². The molecule has 3 heteroatoms. The molecule has 3 rings (SSSR count). The lowest BCUT2D eigenvalue weighted by molar-refractivity contribution is -0.0394. The van der Waals surface area contributed by atoms with Crippen molar-refractivity contribution in [2.45, 2.75) is 38.2 Å². The van der Waals surface area contributed by atoms with Crippen LogP contribution in [0.4, 0.5) is 8.78 Å². The highest BCUT2D eigenvalue weighted by Gasteiger charge is 2.45. The van der Waals surface area contributed by atoms with Crippen molar-refractivity contribution in [3.8, 4) is 0 Å². The Morgan fingerprint density at radius 1 is 1.00 bits per heavy atom. The second-order valence-electron chi connectivity index (χ2n) is 4.16. The molecule has 0 heterocycles. The molecule has 12 heavy (non-hydrogen) atoms. The molecule has 0 saturated heterocycles. The molecule has 2 atom stereocenters. The van der Waals surface area contributed by atoms with E-state index in [1.165, 1.54) is 0 Å². The lowest BCUT2D eigenvalue weighted by atomic mass is 9.62. The summed E-state index contributed by atoms with van der Waals surface area (Å²) in [4.78, 5) is 0. The molecule has 70 valence electrons. The Morgan fingerprint density at radius 3 is 1.83 bits per heavy atom. The van der Waals surface area contributed by atoms with Crippen LogP contribution in [0.1, 0.15) is 25.7 Å². The summed E-state index contributed by atoms with van der Waals surface area (Å²) in [7, 11) is 0. The van der Waals surface area contributed by atoms with E-state index in [9.17, 15) is 8.78 Å². The fourth-order valence-electron chi connectivity index (χ4n) is 2.92. The smallest absolute Gasteiger partial charge is 0.243 e. The number of hydrogen-bond acceptors (Lipinski definition) is 1. The number of hydrogen-bond donors (Lipinski definition) is 1. The molecule has 0 unspecified atom stereocenters. The van der Waals surface area contributed by atoms with E-state index in [-0.39, 0.29) is 12.0 Å². The average molecular weight is 175 g/mol. The predicted molar refractivity (Wildman–Crippen MR) is 42.9 cm³/mol. The summed E-state index contributed by atoms with van der Waals surface area (Å²) in [5.41, 5.74) is 5.79. The van der Waals surface area contributed by atoms with Gasteiger partial charge in [-0.3, -0.25) is 0 Å². The number of nitrogens with two attached hydrogens (primary N) is 1. The lowest BCUT2D eigenvalue weighted by Crippen LogP contribution is -2.51. The number of alkyl halides is 2. The minimum atomic E-state index is -2.20.